The molecule has 0 bridgehead atoms. The topological polar surface area (TPSA) is 108 Å². The van der Waals surface area contributed by atoms with Crippen molar-refractivity contribution in [3.05, 3.63) is 79.5 Å². The number of methoxy groups -OCH3 is 2. The summed E-state index contributed by atoms with van der Waals surface area (Å²) in [4.78, 5) is 38.3. The van der Waals surface area contributed by atoms with E-state index in [1.165, 1.54) is 29.3 Å². The lowest BCUT2D eigenvalue weighted by Crippen LogP contribution is -2.31. The molecule has 4 rings (SSSR count). The van der Waals surface area contributed by atoms with Crippen LogP contribution in [-0.2, 0) is 9.53 Å². The molecule has 1 aliphatic heterocycles. The van der Waals surface area contributed by atoms with Crippen LogP contribution in [0.2, 0.25) is 0 Å². The third-order valence-electron chi connectivity index (χ3n) is 5.63. The van der Waals surface area contributed by atoms with Crippen molar-refractivity contribution in [2.24, 2.45) is 5.10 Å². The molecule has 1 aromatic carbocycles. The van der Waals surface area contributed by atoms with E-state index < -0.39 is 30.2 Å². The van der Waals surface area contributed by atoms with Crippen molar-refractivity contribution in [3.8, 4) is 11.5 Å². The third-order valence-corrected chi connectivity index (χ3v) is 6.55. The van der Waals surface area contributed by atoms with E-state index in [2.05, 4.69) is 5.10 Å². The molecule has 10 heteroatoms. The fourth-order valence-corrected chi connectivity index (χ4v) is 4.70. The predicted molar refractivity (Wildman–Crippen MR) is 129 cm³/mol. The molecule has 9 nitrogen and oxygen atoms in total. The number of carbonyl (C=O) groups is 2. The van der Waals surface area contributed by atoms with Crippen LogP contribution in [0, 0.1) is 13.8 Å². The highest BCUT2D eigenvalue weighted by atomic mass is 32.1. The third kappa shape index (κ3) is 4.97. The number of carbonyl (C=O) groups excluding carboxylic acids is 2. The van der Waals surface area contributed by atoms with Gasteiger partial charge in [-0.3, -0.25) is 4.79 Å². The van der Waals surface area contributed by atoms with E-state index in [-0.39, 0.29) is 11.3 Å². The van der Waals surface area contributed by atoms with Crippen LogP contribution < -0.4 is 15.1 Å². The van der Waals surface area contributed by atoms with Crippen molar-refractivity contribution in [2.75, 3.05) is 20.8 Å². The van der Waals surface area contributed by atoms with Gasteiger partial charge in [-0.15, -0.1) is 11.3 Å². The predicted octanol–water partition coefficient (Wildman–Crippen LogP) is 3.87. The number of hydrogen-bond donors (Lipinski definition) is 0. The lowest BCUT2D eigenvalue weighted by molar-refractivity contribution is -0.136. The Kier molecular flexibility index (Phi) is 7.02. The molecule has 1 atom stereocenters. The van der Waals surface area contributed by atoms with Gasteiger partial charge in [0.15, 0.2) is 18.1 Å². The maximum atomic E-state index is 13.2. The summed E-state index contributed by atoms with van der Waals surface area (Å²) < 4.78 is 21.0. The number of hydrazone groups is 1. The van der Waals surface area contributed by atoms with Crippen molar-refractivity contribution in [1.29, 1.82) is 0 Å². The highest BCUT2D eigenvalue weighted by molar-refractivity contribution is 7.12. The zero-order valence-corrected chi connectivity index (χ0v) is 20.5. The molecule has 0 N–H and O–H groups in total. The molecule has 3 aromatic rings. The molecule has 0 radical (unpaired) electrons. The summed E-state index contributed by atoms with van der Waals surface area (Å²) in [6.07, 6.45) is 0.484. The number of aryl methyl sites for hydroxylation is 2. The Labute approximate surface area is 205 Å². The Hall–Kier alpha value is -3.92. The van der Waals surface area contributed by atoms with Gasteiger partial charge >= 0.3 is 11.6 Å². The summed E-state index contributed by atoms with van der Waals surface area (Å²) in [5.41, 5.74) is 1.54. The molecular weight excluding hydrogens is 472 g/mol. The van der Waals surface area contributed by atoms with Crippen molar-refractivity contribution < 1.29 is 28.2 Å². The molecule has 2 aromatic heterocycles. The van der Waals surface area contributed by atoms with Gasteiger partial charge < -0.3 is 18.6 Å². The molecule has 1 aliphatic rings. The molecule has 0 saturated carbocycles. The number of amides is 1. The van der Waals surface area contributed by atoms with E-state index in [0.29, 0.717) is 23.5 Å². The molecule has 35 heavy (non-hydrogen) atoms. The van der Waals surface area contributed by atoms with E-state index in [1.807, 2.05) is 23.6 Å². The second-order valence-corrected chi connectivity index (χ2v) is 8.80. The molecular formula is C25H24N2O7S. The zero-order chi connectivity index (χ0) is 25.1. The van der Waals surface area contributed by atoms with Crippen LogP contribution in [0.3, 0.4) is 0 Å². The van der Waals surface area contributed by atoms with Gasteiger partial charge in [-0.2, -0.15) is 5.10 Å². The van der Waals surface area contributed by atoms with Crippen LogP contribution in [0.4, 0.5) is 0 Å². The fourth-order valence-electron chi connectivity index (χ4n) is 3.98. The number of esters is 1. The first-order valence-corrected chi connectivity index (χ1v) is 11.6. The first-order valence-electron chi connectivity index (χ1n) is 10.8. The van der Waals surface area contributed by atoms with Crippen molar-refractivity contribution >= 4 is 28.9 Å². The molecule has 0 saturated heterocycles. The van der Waals surface area contributed by atoms with Gasteiger partial charge in [-0.1, -0.05) is 12.1 Å². The van der Waals surface area contributed by atoms with Crippen molar-refractivity contribution in [1.82, 2.24) is 5.01 Å². The minimum Gasteiger partial charge on any atom is -0.493 e. The summed E-state index contributed by atoms with van der Waals surface area (Å²) >= 11 is 1.53. The Morgan fingerprint density at radius 2 is 1.91 bits per heavy atom. The summed E-state index contributed by atoms with van der Waals surface area (Å²) in [7, 11) is 3.10. The van der Waals surface area contributed by atoms with Crippen LogP contribution in [0.1, 0.15) is 44.6 Å². The number of thiophene rings is 1. The highest BCUT2D eigenvalue weighted by Crippen LogP contribution is 2.37. The van der Waals surface area contributed by atoms with Gasteiger partial charge in [-0.25, -0.2) is 14.6 Å². The smallest absolute Gasteiger partial charge is 0.342 e. The summed E-state index contributed by atoms with van der Waals surface area (Å²) in [5, 5.41) is 7.86. The Bertz CT molecular complexity index is 1320. The summed E-state index contributed by atoms with van der Waals surface area (Å²) in [6, 6.07) is 10.1. The first kappa shape index (κ1) is 24.2. The lowest BCUT2D eigenvalue weighted by atomic mass is 10.0. The molecule has 3 heterocycles. The normalized spacial score (nSPS) is 15.0. The standard InChI is InChI=1S/C25H24N2O7S/c1-14-10-23(29)34-15(2)24(14)25(30)33-13-22(28)27-18(12-17(26-27)21-6-5-9-35-21)16-7-8-19(31-3)20(11-16)32-4/h5-11,18H,12-13H2,1-4H3/t18-/m1/s1. The van der Waals surface area contributed by atoms with Crippen LogP contribution >= 0.6 is 11.3 Å². The van der Waals surface area contributed by atoms with E-state index in [0.717, 1.165) is 16.2 Å². The van der Waals surface area contributed by atoms with Gasteiger partial charge in [0.2, 0.25) is 0 Å². The molecule has 1 amide bonds. The minimum atomic E-state index is -0.749. The maximum absolute atomic E-state index is 13.2. The maximum Gasteiger partial charge on any atom is 0.342 e. The van der Waals surface area contributed by atoms with Crippen molar-refractivity contribution in [3.63, 3.8) is 0 Å². The average molecular weight is 497 g/mol. The van der Waals surface area contributed by atoms with E-state index in [1.54, 1.807) is 33.3 Å². The van der Waals surface area contributed by atoms with Gasteiger partial charge in [0, 0.05) is 12.5 Å². The van der Waals surface area contributed by atoms with E-state index >= 15 is 0 Å². The number of hydrogen-bond acceptors (Lipinski definition) is 9. The minimum absolute atomic E-state index is 0.123. The monoisotopic (exact) mass is 496 g/mol. The second-order valence-electron chi connectivity index (χ2n) is 7.85. The van der Waals surface area contributed by atoms with Gasteiger partial charge in [0.25, 0.3) is 5.91 Å². The van der Waals surface area contributed by atoms with Crippen LogP contribution in [0.15, 0.2) is 56.1 Å². The number of ether oxygens (including phenoxy) is 3. The quantitative estimate of drug-likeness (QED) is 0.457. The van der Waals surface area contributed by atoms with Crippen LogP contribution in [0.25, 0.3) is 0 Å². The summed E-state index contributed by atoms with van der Waals surface area (Å²) in [5.74, 6) is -0.000688. The molecule has 0 spiro atoms. The number of rotatable bonds is 7. The molecule has 182 valence electrons. The molecule has 0 aliphatic carbocycles. The fraction of sp³-hybridized carbons (Fsp3) is 0.280. The SMILES string of the molecule is COc1ccc([C@H]2CC(c3cccs3)=NN2C(=O)COC(=O)c2c(C)cc(=O)oc2C)cc1OC. The van der Waals surface area contributed by atoms with Crippen LogP contribution in [0.5, 0.6) is 11.5 Å². The number of nitrogens with zero attached hydrogens (tertiary/aromatic N) is 2. The summed E-state index contributed by atoms with van der Waals surface area (Å²) in [6.45, 7) is 2.58. The second kappa shape index (κ2) is 10.1. The zero-order valence-electron chi connectivity index (χ0n) is 19.7. The van der Waals surface area contributed by atoms with Crippen LogP contribution in [-0.4, -0.2) is 43.4 Å². The van der Waals surface area contributed by atoms with Gasteiger partial charge in [0.1, 0.15) is 11.3 Å². The molecule has 0 unspecified atom stereocenters. The van der Waals surface area contributed by atoms with E-state index in [9.17, 15) is 14.4 Å². The largest absolute Gasteiger partial charge is 0.493 e. The van der Waals surface area contributed by atoms with Gasteiger partial charge in [-0.05, 0) is 48.6 Å². The average Bonchev–Trinajstić information content (AvgIpc) is 3.51. The molecule has 0 fully saturated rings. The Morgan fingerprint density at radius 1 is 1.14 bits per heavy atom. The Balaban J connectivity index is 1.58. The van der Waals surface area contributed by atoms with Gasteiger partial charge in [0.05, 0.1) is 30.9 Å². The number of benzene rings is 1. The highest BCUT2D eigenvalue weighted by Gasteiger charge is 2.34. The van der Waals surface area contributed by atoms with E-state index in [4.69, 9.17) is 18.6 Å². The lowest BCUT2D eigenvalue weighted by Gasteiger charge is -2.23. The first-order chi connectivity index (χ1) is 16.8. The Morgan fingerprint density at radius 3 is 2.57 bits per heavy atom. The van der Waals surface area contributed by atoms with Crippen molar-refractivity contribution in [2.45, 2.75) is 26.3 Å².